The van der Waals surface area contributed by atoms with E-state index in [0.29, 0.717) is 17.4 Å². The third kappa shape index (κ3) is 2.39. The fourth-order valence-electron chi connectivity index (χ4n) is 2.50. The van der Waals surface area contributed by atoms with Gasteiger partial charge in [-0.3, -0.25) is 0 Å². The number of sulfonamides is 1. The summed E-state index contributed by atoms with van der Waals surface area (Å²) >= 11 is 7.15. The van der Waals surface area contributed by atoms with Gasteiger partial charge in [0.05, 0.1) is 11.1 Å². The Labute approximate surface area is 126 Å². The zero-order chi connectivity index (χ0) is 14.2. The summed E-state index contributed by atoms with van der Waals surface area (Å²) in [5.74, 6) is 0.695. The Bertz CT molecular complexity index is 681. The first-order valence-electron chi connectivity index (χ1n) is 6.35. The van der Waals surface area contributed by atoms with Gasteiger partial charge in [-0.25, -0.2) is 13.4 Å². The summed E-state index contributed by atoms with van der Waals surface area (Å²) in [6.07, 6.45) is 5.99. The second-order valence-corrected chi connectivity index (χ2v) is 8.07. The first-order valence-corrected chi connectivity index (χ1v) is 9.04. The van der Waals surface area contributed by atoms with Gasteiger partial charge < -0.3 is 4.98 Å². The molecule has 108 valence electrons. The van der Waals surface area contributed by atoms with Crippen LogP contribution in [-0.2, 0) is 10.0 Å². The number of hydrogen-bond donors (Lipinski definition) is 1. The maximum atomic E-state index is 12.8. The highest BCUT2D eigenvalue weighted by Gasteiger charge is 2.37. The van der Waals surface area contributed by atoms with Gasteiger partial charge in [-0.15, -0.1) is 11.3 Å². The fourth-order valence-corrected chi connectivity index (χ4v) is 5.95. The number of piperidine rings is 1. The molecule has 20 heavy (non-hydrogen) atoms. The number of H-pyrrole nitrogens is 1. The standard InChI is InChI=1S/C12H14ClN3O2S2/c13-9-4-8-19-12(9)20(17,18)16-7-2-1-3-10(16)11-14-5-6-15-11/h4-6,8,10H,1-3,7H2,(H,14,15). The second-order valence-electron chi connectivity index (χ2n) is 4.66. The van der Waals surface area contributed by atoms with E-state index >= 15 is 0 Å². The summed E-state index contributed by atoms with van der Waals surface area (Å²) in [7, 11) is -3.56. The number of nitrogens with zero attached hydrogens (tertiary/aromatic N) is 2. The van der Waals surface area contributed by atoms with Gasteiger partial charge >= 0.3 is 0 Å². The van der Waals surface area contributed by atoms with Crippen molar-refractivity contribution < 1.29 is 8.42 Å². The van der Waals surface area contributed by atoms with Crippen LogP contribution in [0.1, 0.15) is 31.1 Å². The van der Waals surface area contributed by atoms with Crippen molar-refractivity contribution in [3.05, 3.63) is 34.7 Å². The molecule has 1 unspecified atom stereocenters. The van der Waals surface area contributed by atoms with Gasteiger partial charge in [0, 0.05) is 18.9 Å². The Morgan fingerprint density at radius 3 is 2.95 bits per heavy atom. The lowest BCUT2D eigenvalue weighted by Crippen LogP contribution is -2.38. The molecule has 2 aromatic heterocycles. The van der Waals surface area contributed by atoms with E-state index in [4.69, 9.17) is 11.6 Å². The van der Waals surface area contributed by atoms with Crippen LogP contribution in [0.25, 0.3) is 0 Å². The molecule has 1 fully saturated rings. The van der Waals surface area contributed by atoms with E-state index in [9.17, 15) is 8.42 Å². The molecular weight excluding hydrogens is 318 g/mol. The number of aromatic nitrogens is 2. The van der Waals surface area contributed by atoms with E-state index in [1.54, 1.807) is 23.8 Å². The average molecular weight is 332 g/mol. The quantitative estimate of drug-likeness (QED) is 0.940. The van der Waals surface area contributed by atoms with Crippen LogP contribution in [0.5, 0.6) is 0 Å². The Balaban J connectivity index is 2.00. The lowest BCUT2D eigenvalue weighted by Gasteiger charge is -2.33. The van der Waals surface area contributed by atoms with E-state index in [-0.39, 0.29) is 10.3 Å². The minimum absolute atomic E-state index is 0.220. The monoisotopic (exact) mass is 331 g/mol. The van der Waals surface area contributed by atoms with Crippen LogP contribution < -0.4 is 0 Å². The predicted molar refractivity (Wildman–Crippen MR) is 78.4 cm³/mol. The van der Waals surface area contributed by atoms with Crippen molar-refractivity contribution in [2.45, 2.75) is 29.5 Å². The maximum Gasteiger partial charge on any atom is 0.254 e. The van der Waals surface area contributed by atoms with Crippen LogP contribution in [0.4, 0.5) is 0 Å². The number of aromatic amines is 1. The summed E-state index contributed by atoms with van der Waals surface area (Å²) in [5.41, 5.74) is 0. The van der Waals surface area contributed by atoms with Crippen molar-refractivity contribution in [3.8, 4) is 0 Å². The highest BCUT2D eigenvalue weighted by atomic mass is 35.5. The van der Waals surface area contributed by atoms with Crippen LogP contribution >= 0.6 is 22.9 Å². The Hall–Kier alpha value is -0.890. The summed E-state index contributed by atoms with van der Waals surface area (Å²) < 4.78 is 27.3. The highest BCUT2D eigenvalue weighted by molar-refractivity contribution is 7.91. The molecule has 1 saturated heterocycles. The molecule has 0 bridgehead atoms. The molecular formula is C12H14ClN3O2S2. The molecule has 0 spiro atoms. The number of imidazole rings is 1. The zero-order valence-corrected chi connectivity index (χ0v) is 13.0. The lowest BCUT2D eigenvalue weighted by molar-refractivity contribution is 0.248. The fraction of sp³-hybridized carbons (Fsp3) is 0.417. The number of nitrogens with one attached hydrogen (secondary N) is 1. The number of thiophene rings is 1. The number of rotatable bonds is 3. The number of halogens is 1. The molecule has 0 aromatic carbocycles. The van der Waals surface area contributed by atoms with Crippen molar-refractivity contribution in [1.82, 2.24) is 14.3 Å². The predicted octanol–water partition coefficient (Wildman–Crippen LogP) is 3.04. The molecule has 5 nitrogen and oxygen atoms in total. The third-order valence-electron chi connectivity index (χ3n) is 3.42. The van der Waals surface area contributed by atoms with E-state index < -0.39 is 10.0 Å². The van der Waals surface area contributed by atoms with Crippen LogP contribution in [-0.4, -0.2) is 29.2 Å². The van der Waals surface area contributed by atoms with E-state index in [1.165, 1.54) is 4.31 Å². The topological polar surface area (TPSA) is 66.1 Å². The molecule has 1 aliphatic rings. The average Bonchev–Trinajstić information content (AvgIpc) is 3.09. The second kappa shape index (κ2) is 5.48. The Morgan fingerprint density at radius 2 is 2.30 bits per heavy atom. The first kappa shape index (κ1) is 14.1. The molecule has 3 rings (SSSR count). The highest BCUT2D eigenvalue weighted by Crippen LogP contribution is 2.37. The minimum Gasteiger partial charge on any atom is -0.347 e. The largest absolute Gasteiger partial charge is 0.347 e. The van der Waals surface area contributed by atoms with Gasteiger partial charge in [0.15, 0.2) is 4.21 Å². The molecule has 1 atom stereocenters. The Morgan fingerprint density at radius 1 is 1.45 bits per heavy atom. The molecule has 8 heteroatoms. The van der Waals surface area contributed by atoms with Crippen molar-refractivity contribution >= 4 is 33.0 Å². The molecule has 0 radical (unpaired) electrons. The smallest absolute Gasteiger partial charge is 0.254 e. The summed E-state index contributed by atoms with van der Waals surface area (Å²) in [4.78, 5) is 7.24. The van der Waals surface area contributed by atoms with Gasteiger partial charge in [0.25, 0.3) is 10.0 Å². The molecule has 0 aliphatic carbocycles. The van der Waals surface area contributed by atoms with Gasteiger partial charge in [-0.2, -0.15) is 4.31 Å². The maximum absolute atomic E-state index is 12.8. The Kier molecular flexibility index (Phi) is 3.85. The zero-order valence-electron chi connectivity index (χ0n) is 10.6. The summed E-state index contributed by atoms with van der Waals surface area (Å²) in [5, 5.41) is 1.99. The lowest BCUT2D eigenvalue weighted by atomic mass is 10.0. The normalized spacial score (nSPS) is 21.1. The minimum atomic E-state index is -3.56. The SMILES string of the molecule is O=S(=O)(c1sccc1Cl)N1CCCCC1c1ncc[nH]1. The van der Waals surface area contributed by atoms with Crippen LogP contribution in [0.15, 0.2) is 28.0 Å². The molecule has 2 aromatic rings. The molecule has 3 heterocycles. The summed E-state index contributed by atoms with van der Waals surface area (Å²) in [6, 6.07) is 1.38. The molecule has 0 saturated carbocycles. The van der Waals surface area contributed by atoms with Crippen LogP contribution in [0, 0.1) is 0 Å². The third-order valence-corrected chi connectivity index (χ3v) is 7.32. The van der Waals surface area contributed by atoms with Gasteiger partial charge in [-0.05, 0) is 24.3 Å². The van der Waals surface area contributed by atoms with Crippen molar-refractivity contribution in [1.29, 1.82) is 0 Å². The van der Waals surface area contributed by atoms with Gasteiger partial charge in [-0.1, -0.05) is 18.0 Å². The van der Waals surface area contributed by atoms with Crippen molar-refractivity contribution in [2.75, 3.05) is 6.54 Å². The molecule has 1 aliphatic heterocycles. The van der Waals surface area contributed by atoms with Gasteiger partial charge in [0.2, 0.25) is 0 Å². The molecule has 1 N–H and O–H groups in total. The van der Waals surface area contributed by atoms with Crippen LogP contribution in [0.2, 0.25) is 5.02 Å². The van der Waals surface area contributed by atoms with E-state index in [2.05, 4.69) is 9.97 Å². The van der Waals surface area contributed by atoms with E-state index in [1.807, 2.05) is 0 Å². The van der Waals surface area contributed by atoms with Crippen LogP contribution in [0.3, 0.4) is 0 Å². The first-order chi connectivity index (χ1) is 9.60. The van der Waals surface area contributed by atoms with Gasteiger partial charge in [0.1, 0.15) is 5.82 Å². The summed E-state index contributed by atoms with van der Waals surface area (Å²) in [6.45, 7) is 0.502. The number of hydrogen-bond acceptors (Lipinski definition) is 4. The van der Waals surface area contributed by atoms with Crippen molar-refractivity contribution in [2.24, 2.45) is 0 Å². The molecule has 0 amide bonds. The van der Waals surface area contributed by atoms with Crippen molar-refractivity contribution in [3.63, 3.8) is 0 Å². The van der Waals surface area contributed by atoms with E-state index in [0.717, 1.165) is 30.6 Å².